The lowest BCUT2D eigenvalue weighted by molar-refractivity contribution is 0.0995. The smallest absolute Gasteiger partial charge is 0.269 e. The molecule has 0 atom stereocenters. The first kappa shape index (κ1) is 11.4. The van der Waals surface area contributed by atoms with Crippen molar-refractivity contribution in [3.8, 4) is 11.8 Å². The standard InChI is InChI=1S/C11H7BrN4O/c12-8-5-7(6-13)1-2-10(8)16-4-3-9(15-16)11(14)17/h1-5H,(H2,14,17). The molecule has 0 aliphatic heterocycles. The van der Waals surface area contributed by atoms with E-state index in [9.17, 15) is 4.79 Å². The molecule has 0 aliphatic carbocycles. The number of hydrogen-bond donors (Lipinski definition) is 1. The molecule has 1 aromatic heterocycles. The fourth-order valence-corrected chi connectivity index (χ4v) is 1.91. The van der Waals surface area contributed by atoms with Crippen molar-refractivity contribution in [1.29, 1.82) is 5.26 Å². The van der Waals surface area contributed by atoms with Gasteiger partial charge in [-0.05, 0) is 40.2 Å². The van der Waals surface area contributed by atoms with Crippen LogP contribution in [-0.4, -0.2) is 15.7 Å². The van der Waals surface area contributed by atoms with Crippen LogP contribution in [-0.2, 0) is 0 Å². The summed E-state index contributed by atoms with van der Waals surface area (Å²) in [6.07, 6.45) is 1.63. The predicted molar refractivity (Wildman–Crippen MR) is 64.5 cm³/mol. The van der Waals surface area contributed by atoms with Gasteiger partial charge < -0.3 is 5.73 Å². The summed E-state index contributed by atoms with van der Waals surface area (Å²) >= 11 is 3.34. The van der Waals surface area contributed by atoms with Gasteiger partial charge in [-0.2, -0.15) is 10.4 Å². The maximum absolute atomic E-state index is 10.9. The van der Waals surface area contributed by atoms with Crippen molar-refractivity contribution < 1.29 is 4.79 Å². The van der Waals surface area contributed by atoms with Crippen molar-refractivity contribution in [2.45, 2.75) is 0 Å². The summed E-state index contributed by atoms with van der Waals surface area (Å²) in [6.45, 7) is 0. The highest BCUT2D eigenvalue weighted by Gasteiger charge is 2.08. The number of amides is 1. The Labute approximate surface area is 106 Å². The van der Waals surface area contributed by atoms with Crippen LogP contribution in [0.4, 0.5) is 0 Å². The number of rotatable bonds is 2. The highest BCUT2D eigenvalue weighted by atomic mass is 79.9. The molecule has 5 nitrogen and oxygen atoms in total. The third-order valence-corrected chi connectivity index (χ3v) is 2.80. The lowest BCUT2D eigenvalue weighted by Gasteiger charge is -2.04. The molecule has 0 unspecified atom stereocenters. The molecule has 1 amide bonds. The number of halogens is 1. The van der Waals surface area contributed by atoms with Gasteiger partial charge >= 0.3 is 0 Å². The third-order valence-electron chi connectivity index (χ3n) is 2.17. The van der Waals surface area contributed by atoms with Crippen LogP contribution in [0.3, 0.4) is 0 Å². The number of carbonyl (C=O) groups excluding carboxylic acids is 1. The Kier molecular flexibility index (Phi) is 2.93. The maximum Gasteiger partial charge on any atom is 0.269 e. The quantitative estimate of drug-likeness (QED) is 0.912. The first-order valence-corrected chi connectivity index (χ1v) is 5.46. The van der Waals surface area contributed by atoms with Gasteiger partial charge in [0, 0.05) is 10.7 Å². The Balaban J connectivity index is 2.46. The van der Waals surface area contributed by atoms with E-state index in [0.717, 1.165) is 10.2 Å². The van der Waals surface area contributed by atoms with Crippen LogP contribution < -0.4 is 5.73 Å². The molecule has 0 radical (unpaired) electrons. The number of aromatic nitrogens is 2. The number of nitrogens with zero attached hydrogens (tertiary/aromatic N) is 3. The van der Waals surface area contributed by atoms with Crippen molar-refractivity contribution in [2.75, 3.05) is 0 Å². The molecule has 0 spiro atoms. The fourth-order valence-electron chi connectivity index (χ4n) is 1.35. The number of benzene rings is 1. The van der Waals surface area contributed by atoms with E-state index in [4.69, 9.17) is 11.0 Å². The topological polar surface area (TPSA) is 84.7 Å². The van der Waals surface area contributed by atoms with Crippen molar-refractivity contribution >= 4 is 21.8 Å². The average Bonchev–Trinajstić information content (AvgIpc) is 2.78. The van der Waals surface area contributed by atoms with Gasteiger partial charge in [0.15, 0.2) is 0 Å². The number of primary amides is 1. The minimum atomic E-state index is -0.575. The van der Waals surface area contributed by atoms with Crippen LogP contribution in [0.15, 0.2) is 34.9 Å². The second kappa shape index (κ2) is 4.39. The summed E-state index contributed by atoms with van der Waals surface area (Å²) in [5, 5.41) is 12.8. The molecule has 6 heteroatoms. The normalized spacial score (nSPS) is 9.88. The van der Waals surface area contributed by atoms with Gasteiger partial charge in [0.1, 0.15) is 5.69 Å². The van der Waals surface area contributed by atoms with E-state index in [-0.39, 0.29) is 5.69 Å². The zero-order valence-electron chi connectivity index (χ0n) is 8.59. The first-order valence-electron chi connectivity index (χ1n) is 4.67. The minimum absolute atomic E-state index is 0.196. The third kappa shape index (κ3) is 2.19. The summed E-state index contributed by atoms with van der Waals surface area (Å²) in [7, 11) is 0. The Morgan fingerprint density at radius 2 is 2.24 bits per heavy atom. The zero-order chi connectivity index (χ0) is 12.4. The van der Waals surface area contributed by atoms with Gasteiger partial charge in [0.2, 0.25) is 0 Å². The van der Waals surface area contributed by atoms with E-state index >= 15 is 0 Å². The van der Waals surface area contributed by atoms with Crippen LogP contribution >= 0.6 is 15.9 Å². The molecule has 17 heavy (non-hydrogen) atoms. The molecule has 2 N–H and O–H groups in total. The maximum atomic E-state index is 10.9. The van der Waals surface area contributed by atoms with Crippen LogP contribution in [0.5, 0.6) is 0 Å². The molecule has 2 aromatic rings. The molecule has 0 saturated heterocycles. The molecular weight excluding hydrogens is 284 g/mol. The molecule has 84 valence electrons. The second-order valence-electron chi connectivity index (χ2n) is 3.29. The van der Waals surface area contributed by atoms with Crippen molar-refractivity contribution in [3.63, 3.8) is 0 Å². The first-order chi connectivity index (χ1) is 8.11. The Bertz CT molecular complexity index is 627. The summed E-state index contributed by atoms with van der Waals surface area (Å²) in [5.41, 5.74) is 6.59. The van der Waals surface area contributed by atoms with Crippen molar-refractivity contribution in [3.05, 3.63) is 46.2 Å². The highest BCUT2D eigenvalue weighted by molar-refractivity contribution is 9.10. The lowest BCUT2D eigenvalue weighted by atomic mass is 10.2. The van der Waals surface area contributed by atoms with Gasteiger partial charge in [-0.25, -0.2) is 4.68 Å². The van der Waals surface area contributed by atoms with E-state index in [2.05, 4.69) is 21.0 Å². The van der Waals surface area contributed by atoms with E-state index in [0.29, 0.717) is 5.56 Å². The van der Waals surface area contributed by atoms with Crippen LogP contribution in [0.25, 0.3) is 5.69 Å². The predicted octanol–water partition coefficient (Wildman–Crippen LogP) is 1.61. The summed E-state index contributed by atoms with van der Waals surface area (Å²) < 4.78 is 2.24. The second-order valence-corrected chi connectivity index (χ2v) is 4.14. The fraction of sp³-hybridized carbons (Fsp3) is 0. The van der Waals surface area contributed by atoms with E-state index in [1.54, 1.807) is 24.4 Å². The number of nitrogens with two attached hydrogens (primary N) is 1. The Morgan fingerprint density at radius 1 is 1.47 bits per heavy atom. The molecule has 0 bridgehead atoms. The molecule has 1 heterocycles. The monoisotopic (exact) mass is 290 g/mol. The summed E-state index contributed by atoms with van der Waals surface area (Å²) in [4.78, 5) is 10.9. The molecule has 0 fully saturated rings. The SMILES string of the molecule is N#Cc1ccc(-n2ccc(C(N)=O)n2)c(Br)c1. The number of carbonyl (C=O) groups is 1. The van der Waals surface area contributed by atoms with E-state index in [1.165, 1.54) is 10.7 Å². The van der Waals surface area contributed by atoms with E-state index < -0.39 is 5.91 Å². The number of hydrogen-bond acceptors (Lipinski definition) is 3. The molecule has 2 rings (SSSR count). The lowest BCUT2D eigenvalue weighted by Crippen LogP contribution is -2.12. The van der Waals surface area contributed by atoms with Crippen LogP contribution in [0, 0.1) is 11.3 Å². The summed E-state index contributed by atoms with van der Waals surface area (Å²) in [6, 6.07) is 8.66. The van der Waals surface area contributed by atoms with Gasteiger partial charge in [0.25, 0.3) is 5.91 Å². The Morgan fingerprint density at radius 3 is 2.76 bits per heavy atom. The van der Waals surface area contributed by atoms with Crippen molar-refractivity contribution in [2.24, 2.45) is 5.73 Å². The highest BCUT2D eigenvalue weighted by Crippen LogP contribution is 2.21. The van der Waals surface area contributed by atoms with Gasteiger partial charge in [-0.15, -0.1) is 0 Å². The average molecular weight is 291 g/mol. The van der Waals surface area contributed by atoms with Gasteiger partial charge in [0.05, 0.1) is 17.3 Å². The van der Waals surface area contributed by atoms with Crippen molar-refractivity contribution in [1.82, 2.24) is 9.78 Å². The number of nitriles is 1. The van der Waals surface area contributed by atoms with Gasteiger partial charge in [-0.1, -0.05) is 0 Å². The Hall–Kier alpha value is -2.13. The molecule has 0 saturated carbocycles. The largest absolute Gasteiger partial charge is 0.364 e. The zero-order valence-corrected chi connectivity index (χ0v) is 10.2. The molecule has 0 aliphatic rings. The molecule has 1 aromatic carbocycles. The minimum Gasteiger partial charge on any atom is -0.364 e. The summed E-state index contributed by atoms with van der Waals surface area (Å²) in [5.74, 6) is -0.575. The van der Waals surface area contributed by atoms with Crippen LogP contribution in [0.1, 0.15) is 16.1 Å². The van der Waals surface area contributed by atoms with Crippen LogP contribution in [0.2, 0.25) is 0 Å². The van der Waals surface area contributed by atoms with Gasteiger partial charge in [-0.3, -0.25) is 4.79 Å². The van der Waals surface area contributed by atoms with E-state index in [1.807, 2.05) is 6.07 Å². The molecular formula is C11H7BrN4O.